The zero-order valence-electron chi connectivity index (χ0n) is 16.3. The van der Waals surface area contributed by atoms with Crippen LogP contribution in [0.1, 0.15) is 60.6 Å². The summed E-state index contributed by atoms with van der Waals surface area (Å²) in [5, 5.41) is 30.2. The maximum atomic E-state index is 11.9. The van der Waals surface area contributed by atoms with Crippen LogP contribution in [0.2, 0.25) is 0 Å². The summed E-state index contributed by atoms with van der Waals surface area (Å²) in [4.78, 5) is 11.9. The summed E-state index contributed by atoms with van der Waals surface area (Å²) in [5.74, 6) is -0.492. The van der Waals surface area contributed by atoms with Crippen LogP contribution in [-0.2, 0) is 14.3 Å². The highest BCUT2D eigenvalue weighted by Gasteiger charge is 2.46. The van der Waals surface area contributed by atoms with Crippen molar-refractivity contribution in [2.24, 2.45) is 5.92 Å². The highest BCUT2D eigenvalue weighted by Crippen LogP contribution is 2.31. The molecule has 0 aromatic carbocycles. The lowest BCUT2D eigenvalue weighted by Gasteiger charge is -2.41. The van der Waals surface area contributed by atoms with E-state index in [2.05, 4.69) is 6.92 Å². The Balaban J connectivity index is 2.47. The molecule has 0 amide bonds. The topological polar surface area (TPSA) is 96.2 Å². The average Bonchev–Trinajstić information content (AvgIpc) is 2.65. The van der Waals surface area contributed by atoms with Gasteiger partial charge in [0.15, 0.2) is 6.10 Å². The molecule has 0 saturated carbocycles. The third kappa shape index (κ3) is 7.43. The van der Waals surface area contributed by atoms with E-state index in [0.717, 1.165) is 18.6 Å². The van der Waals surface area contributed by atoms with E-state index in [1.54, 1.807) is 6.92 Å². The molecule has 7 heteroatoms. The van der Waals surface area contributed by atoms with Gasteiger partial charge in [-0.2, -0.15) is 0 Å². The van der Waals surface area contributed by atoms with E-state index in [-0.39, 0.29) is 6.90 Å². The monoisotopic (exact) mass is 379 g/mol. The van der Waals surface area contributed by atoms with E-state index < -0.39 is 48.3 Å². The molecule has 1 heterocycles. The molecular formula is C18H34O6S. The van der Waals surface area contributed by atoms with E-state index in [1.165, 1.54) is 37.4 Å². The van der Waals surface area contributed by atoms with Crippen LogP contribution in [0.3, 0.4) is 0 Å². The van der Waals surface area contributed by atoms with Crippen molar-refractivity contribution in [1.82, 2.24) is 0 Å². The maximum absolute atomic E-state index is 11.9. The molecule has 1 aliphatic rings. The fraction of sp³-hybridized carbons (Fsp3) is 0.944. The van der Waals surface area contributed by atoms with Gasteiger partial charge in [0.05, 0.1) is 12.5 Å². The van der Waals surface area contributed by atoms with Gasteiger partial charge in [0.2, 0.25) is 0 Å². The van der Waals surface area contributed by atoms with Crippen molar-refractivity contribution >= 4 is 17.7 Å². The number of ether oxygens (including phenoxy) is 2. The van der Waals surface area contributed by atoms with Gasteiger partial charge in [-0.15, -0.1) is 11.8 Å². The van der Waals surface area contributed by atoms with Gasteiger partial charge in [-0.3, -0.25) is 4.79 Å². The molecule has 0 spiro atoms. The van der Waals surface area contributed by atoms with Gasteiger partial charge in [0.1, 0.15) is 23.7 Å². The summed E-state index contributed by atoms with van der Waals surface area (Å²) >= 11 is 1.41. The van der Waals surface area contributed by atoms with Crippen molar-refractivity contribution in [1.29, 1.82) is 0 Å². The highest BCUT2D eigenvalue weighted by atomic mass is 32.2. The molecule has 25 heavy (non-hydrogen) atoms. The van der Waals surface area contributed by atoms with Gasteiger partial charge in [0.25, 0.3) is 0 Å². The summed E-state index contributed by atoms with van der Waals surface area (Å²) in [6.07, 6.45) is 2.45. The van der Waals surface area contributed by atoms with Crippen molar-refractivity contribution in [2.75, 3.05) is 12.4 Å². The van der Waals surface area contributed by atoms with E-state index >= 15 is 0 Å². The lowest BCUT2D eigenvalue weighted by Crippen LogP contribution is -2.59. The Kier molecular flexibility index (Phi) is 10.2. The van der Waals surface area contributed by atoms with Gasteiger partial charge < -0.3 is 24.8 Å². The third-order valence-corrected chi connectivity index (χ3v) is 5.50. The normalized spacial score (nSPS) is 31.4. The van der Waals surface area contributed by atoms with Crippen LogP contribution >= 0.6 is 11.8 Å². The Hall–Kier alpha value is -0.340. The summed E-state index contributed by atoms with van der Waals surface area (Å²) in [7, 11) is 0. The van der Waals surface area contributed by atoms with E-state index in [1.807, 2.05) is 0 Å². The van der Waals surface area contributed by atoms with Gasteiger partial charge in [-0.25, -0.2) is 0 Å². The first kappa shape index (κ1) is 21.0. The fourth-order valence-electron chi connectivity index (χ4n) is 2.67. The molecule has 0 aromatic rings. The molecule has 3 N–H and O–H groups in total. The number of hydrogen-bond donors (Lipinski definition) is 3. The van der Waals surface area contributed by atoms with Gasteiger partial charge in [-0.05, 0) is 12.2 Å². The average molecular weight is 380 g/mol. The Morgan fingerprint density at radius 1 is 1.24 bits per heavy atom. The number of rotatable bonds is 11. The SMILES string of the molecule is [2H]CC(C)C(=O)O[C@H]1[C@H](O)[C@@H](O)C(SCCCCCCCC)O[C@@H]1CO. The first-order valence-corrected chi connectivity index (χ1v) is 10.2. The number of unbranched alkanes of at least 4 members (excludes halogenated alkanes) is 5. The summed E-state index contributed by atoms with van der Waals surface area (Å²) in [6.45, 7) is 3.17. The number of carbonyl (C=O) groups is 1. The molecule has 0 bridgehead atoms. The molecule has 148 valence electrons. The molecule has 1 rings (SSSR count). The lowest BCUT2D eigenvalue weighted by atomic mass is 10.00. The van der Waals surface area contributed by atoms with Crippen LogP contribution in [-0.4, -0.2) is 63.5 Å². The molecule has 0 radical (unpaired) electrons. The number of aliphatic hydroxyl groups is 3. The Morgan fingerprint density at radius 3 is 2.56 bits per heavy atom. The minimum atomic E-state index is -1.33. The van der Waals surface area contributed by atoms with Crippen LogP contribution in [0.15, 0.2) is 0 Å². The quantitative estimate of drug-likeness (QED) is 0.374. The first-order chi connectivity index (χ1) is 12.5. The van der Waals surface area contributed by atoms with E-state index in [9.17, 15) is 20.1 Å². The van der Waals surface area contributed by atoms with Gasteiger partial charge in [-0.1, -0.05) is 52.9 Å². The smallest absolute Gasteiger partial charge is 0.308 e. The molecule has 0 aliphatic carbocycles. The number of hydrogen-bond acceptors (Lipinski definition) is 7. The Bertz CT molecular complexity index is 398. The largest absolute Gasteiger partial charge is 0.456 e. The minimum absolute atomic E-state index is 0.133. The highest BCUT2D eigenvalue weighted by molar-refractivity contribution is 7.99. The van der Waals surface area contributed by atoms with Crippen LogP contribution in [0, 0.1) is 5.92 Å². The van der Waals surface area contributed by atoms with E-state index in [4.69, 9.17) is 10.8 Å². The second-order valence-electron chi connectivity index (χ2n) is 6.65. The predicted molar refractivity (Wildman–Crippen MR) is 98.3 cm³/mol. The fourth-order valence-corrected chi connectivity index (χ4v) is 3.85. The number of thioether (sulfide) groups is 1. The first-order valence-electron chi connectivity index (χ1n) is 9.90. The predicted octanol–water partition coefficient (Wildman–Crippen LogP) is 2.09. The standard InChI is InChI=1S/C18H34O6S/c1-4-5-6-7-8-9-10-25-18-15(21)14(20)16(13(11-19)23-18)24-17(22)12(2)3/h12-16,18-21H,4-11H2,1-3H3/t13-,14-,15-,16-,18?/m1/s1/i2D/t12?,13-,14-,15-,16-,18?. The molecule has 1 fully saturated rings. The van der Waals surface area contributed by atoms with Crippen molar-refractivity contribution in [3.63, 3.8) is 0 Å². The maximum Gasteiger partial charge on any atom is 0.308 e. The zero-order valence-corrected chi connectivity index (χ0v) is 16.1. The van der Waals surface area contributed by atoms with Crippen molar-refractivity contribution in [3.05, 3.63) is 0 Å². The number of aliphatic hydroxyl groups excluding tert-OH is 3. The van der Waals surface area contributed by atoms with Gasteiger partial charge >= 0.3 is 5.97 Å². The summed E-state index contributed by atoms with van der Waals surface area (Å²) in [6, 6.07) is 0. The van der Waals surface area contributed by atoms with Crippen LogP contribution in [0.5, 0.6) is 0 Å². The Morgan fingerprint density at radius 2 is 1.92 bits per heavy atom. The van der Waals surface area contributed by atoms with Crippen LogP contribution in [0.4, 0.5) is 0 Å². The molecule has 6 nitrogen and oxygen atoms in total. The Labute approximate surface area is 156 Å². The van der Waals surface area contributed by atoms with Crippen LogP contribution < -0.4 is 0 Å². The second kappa shape index (κ2) is 12.1. The molecular weight excluding hydrogens is 344 g/mol. The minimum Gasteiger partial charge on any atom is -0.456 e. The summed E-state index contributed by atoms with van der Waals surface area (Å²) < 4.78 is 18.1. The molecule has 6 atom stereocenters. The molecule has 0 aromatic heterocycles. The van der Waals surface area contributed by atoms with Gasteiger partial charge in [0, 0.05) is 1.37 Å². The van der Waals surface area contributed by atoms with Crippen molar-refractivity contribution < 1.29 is 31.0 Å². The van der Waals surface area contributed by atoms with Crippen LogP contribution in [0.25, 0.3) is 0 Å². The summed E-state index contributed by atoms with van der Waals surface area (Å²) in [5.41, 5.74) is -0.665. The van der Waals surface area contributed by atoms with Crippen molar-refractivity contribution in [2.45, 2.75) is 89.1 Å². The zero-order chi connectivity index (χ0) is 19.5. The molecule has 2 unspecified atom stereocenters. The second-order valence-corrected chi connectivity index (χ2v) is 7.85. The van der Waals surface area contributed by atoms with E-state index in [0.29, 0.717) is 0 Å². The number of carbonyl (C=O) groups excluding carboxylic acids is 1. The third-order valence-electron chi connectivity index (χ3n) is 4.26. The van der Waals surface area contributed by atoms with Crippen molar-refractivity contribution in [3.8, 4) is 0 Å². The lowest BCUT2D eigenvalue weighted by molar-refractivity contribution is -0.222. The molecule has 1 aliphatic heterocycles. The number of esters is 1. The molecule has 1 saturated heterocycles.